The van der Waals surface area contributed by atoms with E-state index < -0.39 is 0 Å². The molecule has 94 valence electrons. The molecule has 0 heterocycles. The van der Waals surface area contributed by atoms with E-state index in [0.717, 1.165) is 18.4 Å². The molecule has 0 saturated carbocycles. The highest BCUT2D eigenvalue weighted by molar-refractivity contribution is 5.99. The first-order valence-corrected chi connectivity index (χ1v) is 6.27. The van der Waals surface area contributed by atoms with Crippen LogP contribution in [0.25, 0.3) is 0 Å². The van der Waals surface area contributed by atoms with Crippen LogP contribution >= 0.6 is 0 Å². The maximum atomic E-state index is 12.1. The van der Waals surface area contributed by atoms with Crippen LogP contribution in [0.4, 0.5) is 0 Å². The number of ether oxygens (including phenoxy) is 1. The van der Waals surface area contributed by atoms with Crippen LogP contribution in [0.15, 0.2) is 24.3 Å². The van der Waals surface area contributed by atoms with Crippen LogP contribution in [-0.2, 0) is 4.74 Å². The molecule has 1 atom stereocenters. The van der Waals surface area contributed by atoms with Crippen molar-refractivity contribution >= 4 is 5.78 Å². The first kappa shape index (κ1) is 13.9. The molecule has 0 bridgehead atoms. The van der Waals surface area contributed by atoms with E-state index in [4.69, 9.17) is 4.74 Å². The maximum Gasteiger partial charge on any atom is 0.191 e. The number of benzene rings is 1. The zero-order valence-corrected chi connectivity index (χ0v) is 11.2. The second-order valence-electron chi connectivity index (χ2n) is 4.65. The van der Waals surface area contributed by atoms with Gasteiger partial charge in [-0.3, -0.25) is 4.79 Å². The van der Waals surface area contributed by atoms with Crippen molar-refractivity contribution in [3.05, 3.63) is 35.4 Å². The minimum absolute atomic E-state index is 0.0876. The Morgan fingerprint density at radius 1 is 1.24 bits per heavy atom. The lowest BCUT2D eigenvalue weighted by atomic mass is 9.98. The minimum Gasteiger partial charge on any atom is -0.373 e. The van der Waals surface area contributed by atoms with Crippen LogP contribution in [-0.4, -0.2) is 19.0 Å². The van der Waals surface area contributed by atoms with Gasteiger partial charge in [-0.2, -0.15) is 0 Å². The fourth-order valence-corrected chi connectivity index (χ4v) is 1.84. The second kappa shape index (κ2) is 6.55. The predicted octanol–water partition coefficient (Wildman–Crippen LogP) is 3.81. The summed E-state index contributed by atoms with van der Waals surface area (Å²) in [4.78, 5) is 12.1. The fraction of sp³-hybridized carbons (Fsp3) is 0.533. The van der Waals surface area contributed by atoms with Gasteiger partial charge in [-0.25, -0.2) is 0 Å². The van der Waals surface area contributed by atoms with Crippen LogP contribution in [0.1, 0.15) is 55.5 Å². The van der Waals surface area contributed by atoms with Gasteiger partial charge in [-0.05, 0) is 17.9 Å². The summed E-state index contributed by atoms with van der Waals surface area (Å²) in [6, 6.07) is 7.85. The lowest BCUT2D eigenvalue weighted by Crippen LogP contribution is -2.22. The largest absolute Gasteiger partial charge is 0.373 e. The first-order valence-electron chi connectivity index (χ1n) is 6.27. The third kappa shape index (κ3) is 3.67. The van der Waals surface area contributed by atoms with Crippen molar-refractivity contribution in [2.24, 2.45) is 0 Å². The molecule has 1 aromatic rings. The first-order chi connectivity index (χ1) is 8.10. The smallest absolute Gasteiger partial charge is 0.191 e. The van der Waals surface area contributed by atoms with Gasteiger partial charge in [0, 0.05) is 12.7 Å². The molecule has 0 radical (unpaired) electrons. The third-order valence-corrected chi connectivity index (χ3v) is 2.99. The number of Topliss-reactive ketones (excluding diaryl/α,β-unsaturated/α-hetero) is 1. The molecular formula is C15H22O2. The molecule has 0 saturated heterocycles. The van der Waals surface area contributed by atoms with Gasteiger partial charge in [0.1, 0.15) is 6.10 Å². The molecule has 17 heavy (non-hydrogen) atoms. The lowest BCUT2D eigenvalue weighted by molar-refractivity contribution is 0.0578. The molecule has 0 aromatic heterocycles. The Hall–Kier alpha value is -1.15. The summed E-state index contributed by atoms with van der Waals surface area (Å²) >= 11 is 0. The Labute approximate surface area is 104 Å². The van der Waals surface area contributed by atoms with Gasteiger partial charge in [0.05, 0.1) is 0 Å². The molecule has 0 aliphatic rings. The molecule has 1 aromatic carbocycles. The second-order valence-corrected chi connectivity index (χ2v) is 4.65. The van der Waals surface area contributed by atoms with Gasteiger partial charge in [-0.15, -0.1) is 0 Å². The van der Waals surface area contributed by atoms with Crippen molar-refractivity contribution in [3.63, 3.8) is 0 Å². The Morgan fingerprint density at radius 3 is 2.24 bits per heavy atom. The van der Waals surface area contributed by atoms with E-state index in [-0.39, 0.29) is 11.9 Å². The summed E-state index contributed by atoms with van der Waals surface area (Å²) in [5.41, 5.74) is 2.00. The maximum absolute atomic E-state index is 12.1. The number of hydrogen-bond acceptors (Lipinski definition) is 2. The summed E-state index contributed by atoms with van der Waals surface area (Å²) in [5.74, 6) is 0.581. The van der Waals surface area contributed by atoms with E-state index in [9.17, 15) is 4.79 Å². The van der Waals surface area contributed by atoms with Gasteiger partial charge < -0.3 is 4.74 Å². The summed E-state index contributed by atoms with van der Waals surface area (Å²) < 4.78 is 5.24. The van der Waals surface area contributed by atoms with E-state index in [0.29, 0.717) is 5.92 Å². The van der Waals surface area contributed by atoms with Crippen molar-refractivity contribution in [1.82, 2.24) is 0 Å². The molecule has 2 heteroatoms. The van der Waals surface area contributed by atoms with Crippen molar-refractivity contribution in [1.29, 1.82) is 0 Å². The molecule has 1 rings (SSSR count). The summed E-state index contributed by atoms with van der Waals surface area (Å²) in [6.07, 6.45) is 1.43. The molecule has 0 aliphatic heterocycles. The summed E-state index contributed by atoms with van der Waals surface area (Å²) in [6.45, 7) is 6.35. The average Bonchev–Trinajstić information content (AvgIpc) is 2.35. The highest BCUT2D eigenvalue weighted by atomic mass is 16.5. The molecule has 2 nitrogen and oxygen atoms in total. The van der Waals surface area contributed by atoms with Gasteiger partial charge in [0.15, 0.2) is 5.78 Å². The normalized spacial score (nSPS) is 12.8. The average molecular weight is 234 g/mol. The molecule has 0 fully saturated rings. The number of methoxy groups -OCH3 is 1. The van der Waals surface area contributed by atoms with Crippen LogP contribution < -0.4 is 0 Å². The Kier molecular flexibility index (Phi) is 5.36. The number of carbonyl (C=O) groups is 1. The van der Waals surface area contributed by atoms with E-state index in [1.54, 1.807) is 7.11 Å². The van der Waals surface area contributed by atoms with Gasteiger partial charge in [-0.1, -0.05) is 51.5 Å². The van der Waals surface area contributed by atoms with Crippen LogP contribution in [0, 0.1) is 0 Å². The minimum atomic E-state index is -0.301. The van der Waals surface area contributed by atoms with Gasteiger partial charge >= 0.3 is 0 Å². The van der Waals surface area contributed by atoms with Gasteiger partial charge in [0.2, 0.25) is 0 Å². The van der Waals surface area contributed by atoms with E-state index in [2.05, 4.69) is 20.8 Å². The zero-order valence-electron chi connectivity index (χ0n) is 11.2. The highest BCUT2D eigenvalue weighted by Crippen LogP contribution is 2.17. The van der Waals surface area contributed by atoms with Crippen molar-refractivity contribution in [3.8, 4) is 0 Å². The molecule has 0 spiro atoms. The standard InChI is InChI=1S/C15H22O2/c1-5-6-14(17-4)15(16)13-9-7-12(8-10-13)11(2)3/h7-11,14H,5-6H2,1-4H3. The van der Waals surface area contributed by atoms with Crippen LogP contribution in [0.2, 0.25) is 0 Å². The van der Waals surface area contributed by atoms with E-state index in [1.165, 1.54) is 5.56 Å². The topological polar surface area (TPSA) is 26.3 Å². The van der Waals surface area contributed by atoms with Crippen LogP contribution in [0.5, 0.6) is 0 Å². The monoisotopic (exact) mass is 234 g/mol. The van der Waals surface area contributed by atoms with Crippen LogP contribution in [0.3, 0.4) is 0 Å². The third-order valence-electron chi connectivity index (χ3n) is 2.99. The molecule has 0 N–H and O–H groups in total. The molecule has 0 amide bonds. The Balaban J connectivity index is 2.81. The van der Waals surface area contributed by atoms with E-state index in [1.807, 2.05) is 24.3 Å². The quantitative estimate of drug-likeness (QED) is 0.700. The molecule has 0 aliphatic carbocycles. The number of rotatable bonds is 6. The highest BCUT2D eigenvalue weighted by Gasteiger charge is 2.18. The number of hydrogen-bond donors (Lipinski definition) is 0. The summed E-state index contributed by atoms with van der Waals surface area (Å²) in [5, 5.41) is 0. The SMILES string of the molecule is CCCC(OC)C(=O)c1ccc(C(C)C)cc1. The predicted molar refractivity (Wildman–Crippen MR) is 70.6 cm³/mol. The van der Waals surface area contributed by atoms with Crippen molar-refractivity contribution < 1.29 is 9.53 Å². The van der Waals surface area contributed by atoms with Gasteiger partial charge in [0.25, 0.3) is 0 Å². The Morgan fingerprint density at radius 2 is 1.82 bits per heavy atom. The van der Waals surface area contributed by atoms with E-state index >= 15 is 0 Å². The molecule has 1 unspecified atom stereocenters. The number of ketones is 1. The zero-order chi connectivity index (χ0) is 12.8. The van der Waals surface area contributed by atoms with Crippen molar-refractivity contribution in [2.75, 3.05) is 7.11 Å². The fourth-order valence-electron chi connectivity index (χ4n) is 1.84. The lowest BCUT2D eigenvalue weighted by Gasteiger charge is -2.13. The Bertz CT molecular complexity index is 352. The molecular weight excluding hydrogens is 212 g/mol. The summed E-state index contributed by atoms with van der Waals surface area (Å²) in [7, 11) is 1.60. The number of carbonyl (C=O) groups excluding carboxylic acids is 1. The van der Waals surface area contributed by atoms with Crippen molar-refractivity contribution in [2.45, 2.75) is 45.6 Å².